The third-order valence-corrected chi connectivity index (χ3v) is 4.60. The molecule has 1 aliphatic carbocycles. The molecule has 0 aromatic carbocycles. The van der Waals surface area contributed by atoms with Gasteiger partial charge in [-0.05, 0) is 56.5 Å². The third-order valence-electron chi connectivity index (χ3n) is 3.32. The fourth-order valence-corrected chi connectivity index (χ4v) is 3.42. The smallest absolute Gasteiger partial charge is 0.101 e. The van der Waals surface area contributed by atoms with Crippen LogP contribution in [0, 0.1) is 17.2 Å². The van der Waals surface area contributed by atoms with Gasteiger partial charge in [-0.2, -0.15) is 17.0 Å². The minimum Gasteiger partial charge on any atom is -0.314 e. The minimum absolute atomic E-state index is 0.615. The van der Waals surface area contributed by atoms with Crippen molar-refractivity contribution in [2.75, 3.05) is 11.5 Å². The van der Waals surface area contributed by atoms with Gasteiger partial charge in [-0.15, -0.1) is 0 Å². The molecule has 1 unspecified atom stereocenters. The lowest BCUT2D eigenvalue weighted by Gasteiger charge is -2.14. The van der Waals surface area contributed by atoms with E-state index in [1.807, 2.05) is 6.92 Å². The second-order valence-corrected chi connectivity index (χ2v) is 6.36. The molecule has 1 saturated carbocycles. The van der Waals surface area contributed by atoms with Crippen LogP contribution in [-0.4, -0.2) is 17.0 Å². The van der Waals surface area contributed by atoms with E-state index in [1.165, 1.54) is 43.6 Å². The lowest BCUT2D eigenvalue weighted by Crippen LogP contribution is -2.33. The topological polar surface area (TPSA) is 49.8 Å². The molecule has 92 valence electrons. The zero-order valence-corrected chi connectivity index (χ0v) is 11.2. The van der Waals surface area contributed by atoms with Crippen molar-refractivity contribution in [3.05, 3.63) is 0 Å². The second kappa shape index (κ2) is 7.19. The molecule has 0 aromatic rings. The van der Waals surface area contributed by atoms with Gasteiger partial charge in [-0.25, -0.2) is 0 Å². The molecule has 1 rings (SSSR count). The van der Waals surface area contributed by atoms with Crippen LogP contribution < -0.4 is 5.73 Å². The van der Waals surface area contributed by atoms with Crippen molar-refractivity contribution >= 4 is 11.8 Å². The predicted octanol–water partition coefficient (Wildman–Crippen LogP) is 3.32. The van der Waals surface area contributed by atoms with Crippen LogP contribution in [-0.2, 0) is 0 Å². The Bertz CT molecular complexity index is 227. The van der Waals surface area contributed by atoms with Crippen LogP contribution in [0.25, 0.3) is 0 Å². The van der Waals surface area contributed by atoms with Crippen molar-refractivity contribution < 1.29 is 0 Å². The molecule has 0 aromatic heterocycles. The Morgan fingerprint density at radius 3 is 2.69 bits per heavy atom. The molecule has 0 bridgehead atoms. The molecular formula is C13H24N2S. The molecule has 3 heteroatoms. The third kappa shape index (κ3) is 5.77. The number of hydrogen-bond donors (Lipinski definition) is 1. The fraction of sp³-hybridized carbons (Fsp3) is 0.923. The van der Waals surface area contributed by atoms with Gasteiger partial charge in [0.25, 0.3) is 0 Å². The molecule has 0 aliphatic heterocycles. The molecule has 0 radical (unpaired) electrons. The summed E-state index contributed by atoms with van der Waals surface area (Å²) < 4.78 is 0. The van der Waals surface area contributed by atoms with Crippen LogP contribution in [0.5, 0.6) is 0 Å². The number of nitrogens with two attached hydrogens (primary N) is 1. The Hall–Kier alpha value is -0.200. The van der Waals surface area contributed by atoms with Crippen molar-refractivity contribution in [2.45, 2.75) is 57.4 Å². The van der Waals surface area contributed by atoms with E-state index in [0.717, 1.165) is 18.8 Å². The Kier molecular flexibility index (Phi) is 6.23. The van der Waals surface area contributed by atoms with Crippen LogP contribution in [0.15, 0.2) is 0 Å². The molecule has 1 atom stereocenters. The summed E-state index contributed by atoms with van der Waals surface area (Å²) in [6.45, 7) is 1.82. The first kappa shape index (κ1) is 13.9. The highest BCUT2D eigenvalue weighted by molar-refractivity contribution is 7.99. The van der Waals surface area contributed by atoms with Gasteiger partial charge in [0.15, 0.2) is 0 Å². The molecular weight excluding hydrogens is 216 g/mol. The minimum atomic E-state index is -0.615. The number of unbranched alkanes of at least 4 members (excludes halogenated alkanes) is 1. The van der Waals surface area contributed by atoms with Crippen molar-refractivity contribution in [3.8, 4) is 6.07 Å². The molecule has 16 heavy (non-hydrogen) atoms. The molecule has 2 nitrogen and oxygen atoms in total. The van der Waals surface area contributed by atoms with E-state index in [0.29, 0.717) is 0 Å². The normalized spacial score (nSPS) is 20.6. The first-order chi connectivity index (χ1) is 7.64. The first-order valence-corrected chi connectivity index (χ1v) is 7.57. The second-order valence-electron chi connectivity index (χ2n) is 5.21. The molecule has 0 saturated heterocycles. The average molecular weight is 240 g/mol. The van der Waals surface area contributed by atoms with Crippen LogP contribution in [0.1, 0.15) is 51.9 Å². The van der Waals surface area contributed by atoms with E-state index in [1.54, 1.807) is 0 Å². The number of nitriles is 1. The van der Waals surface area contributed by atoms with Gasteiger partial charge in [0, 0.05) is 0 Å². The maximum absolute atomic E-state index is 8.76. The number of hydrogen-bond acceptors (Lipinski definition) is 3. The van der Waals surface area contributed by atoms with Crippen LogP contribution in [0.3, 0.4) is 0 Å². The van der Waals surface area contributed by atoms with Gasteiger partial charge in [0.1, 0.15) is 5.54 Å². The number of thioether (sulfide) groups is 1. The summed E-state index contributed by atoms with van der Waals surface area (Å²) in [7, 11) is 0. The highest BCUT2D eigenvalue weighted by atomic mass is 32.2. The van der Waals surface area contributed by atoms with Crippen LogP contribution >= 0.6 is 11.8 Å². The molecule has 0 spiro atoms. The Morgan fingerprint density at radius 2 is 2.06 bits per heavy atom. The van der Waals surface area contributed by atoms with Crippen molar-refractivity contribution in [3.63, 3.8) is 0 Å². The van der Waals surface area contributed by atoms with Gasteiger partial charge in [-0.1, -0.05) is 12.8 Å². The molecule has 1 aliphatic rings. The molecule has 2 N–H and O–H groups in total. The monoisotopic (exact) mass is 240 g/mol. The molecule has 1 fully saturated rings. The van der Waals surface area contributed by atoms with Crippen molar-refractivity contribution in [2.24, 2.45) is 11.7 Å². The van der Waals surface area contributed by atoms with Gasteiger partial charge in [0.2, 0.25) is 0 Å². The first-order valence-electron chi connectivity index (χ1n) is 6.42. The Balaban J connectivity index is 1.90. The largest absolute Gasteiger partial charge is 0.314 e. The summed E-state index contributed by atoms with van der Waals surface area (Å²) in [6.07, 6.45) is 8.89. The maximum atomic E-state index is 8.76. The van der Waals surface area contributed by atoms with E-state index in [4.69, 9.17) is 11.0 Å². The van der Waals surface area contributed by atoms with E-state index < -0.39 is 5.54 Å². The summed E-state index contributed by atoms with van der Waals surface area (Å²) in [6, 6.07) is 2.15. The fourth-order valence-electron chi connectivity index (χ4n) is 2.18. The summed E-state index contributed by atoms with van der Waals surface area (Å²) in [5.41, 5.74) is 5.15. The van der Waals surface area contributed by atoms with Gasteiger partial charge >= 0.3 is 0 Å². The van der Waals surface area contributed by atoms with E-state index in [-0.39, 0.29) is 0 Å². The summed E-state index contributed by atoms with van der Waals surface area (Å²) >= 11 is 2.08. The zero-order chi connectivity index (χ0) is 11.9. The highest BCUT2D eigenvalue weighted by Gasteiger charge is 2.16. The van der Waals surface area contributed by atoms with Crippen LogP contribution in [0.2, 0.25) is 0 Å². The Labute approximate surface area is 104 Å². The van der Waals surface area contributed by atoms with Gasteiger partial charge < -0.3 is 5.73 Å². The summed E-state index contributed by atoms with van der Waals surface area (Å²) in [5, 5.41) is 8.76. The summed E-state index contributed by atoms with van der Waals surface area (Å²) in [4.78, 5) is 0. The lowest BCUT2D eigenvalue weighted by molar-refractivity contribution is 0.518. The number of rotatable bonds is 7. The zero-order valence-electron chi connectivity index (χ0n) is 10.4. The maximum Gasteiger partial charge on any atom is 0.101 e. The summed E-state index contributed by atoms with van der Waals surface area (Å²) in [5.74, 6) is 3.57. The van der Waals surface area contributed by atoms with Gasteiger partial charge in [0.05, 0.1) is 6.07 Å². The standard InChI is InChI=1S/C13H24N2S/c1-13(15,11-14)8-4-5-9-16-10-12-6-2-3-7-12/h12H,2-10,15H2,1H3. The van der Waals surface area contributed by atoms with Crippen molar-refractivity contribution in [1.82, 2.24) is 0 Å². The van der Waals surface area contributed by atoms with E-state index in [9.17, 15) is 0 Å². The highest BCUT2D eigenvalue weighted by Crippen LogP contribution is 2.28. The molecule has 0 heterocycles. The van der Waals surface area contributed by atoms with E-state index >= 15 is 0 Å². The quantitative estimate of drug-likeness (QED) is 0.694. The van der Waals surface area contributed by atoms with Crippen LogP contribution in [0.4, 0.5) is 0 Å². The average Bonchev–Trinajstić information content (AvgIpc) is 2.76. The van der Waals surface area contributed by atoms with Crippen molar-refractivity contribution in [1.29, 1.82) is 5.26 Å². The predicted molar refractivity (Wildman–Crippen MR) is 71.3 cm³/mol. The lowest BCUT2D eigenvalue weighted by atomic mass is 9.99. The SMILES string of the molecule is CC(N)(C#N)CCCCSCC1CCCC1. The van der Waals surface area contributed by atoms with Gasteiger partial charge in [-0.3, -0.25) is 0 Å². The Morgan fingerprint density at radius 1 is 1.38 bits per heavy atom. The van der Waals surface area contributed by atoms with E-state index in [2.05, 4.69) is 17.8 Å². The number of nitrogens with zero attached hydrogens (tertiary/aromatic N) is 1. The molecule has 0 amide bonds.